The smallest absolute Gasteiger partial charge is 0.0583 e. The molecule has 0 aromatic heterocycles. The van der Waals surface area contributed by atoms with Gasteiger partial charge in [-0.1, -0.05) is 26.7 Å². The molecule has 19 heavy (non-hydrogen) atoms. The Balaban J connectivity index is 1.95. The molecular weight excluding hydrogens is 254 g/mol. The van der Waals surface area contributed by atoms with Gasteiger partial charge in [-0.05, 0) is 42.8 Å². The lowest BCUT2D eigenvalue weighted by Gasteiger charge is -2.36. The average molecular weight is 285 g/mol. The van der Waals surface area contributed by atoms with Crippen molar-refractivity contribution in [2.24, 2.45) is 17.3 Å². The number of hydrogen-bond donors (Lipinski definition) is 2. The lowest BCUT2D eigenvalue weighted by atomic mass is 9.80. The van der Waals surface area contributed by atoms with Crippen LogP contribution in [0.15, 0.2) is 0 Å². The van der Waals surface area contributed by atoms with E-state index < -0.39 is 0 Å². The summed E-state index contributed by atoms with van der Waals surface area (Å²) in [7, 11) is 0. The highest BCUT2D eigenvalue weighted by molar-refractivity contribution is 7.80. The van der Waals surface area contributed by atoms with E-state index in [0.717, 1.165) is 24.6 Å². The SMILES string of the molecule is CCCC(CS)(CCC)CN1CC2CCC(O)C2C1. The first-order valence-corrected chi connectivity index (χ1v) is 8.78. The fourth-order valence-electron chi connectivity index (χ4n) is 4.48. The van der Waals surface area contributed by atoms with Gasteiger partial charge in [0.05, 0.1) is 6.10 Å². The van der Waals surface area contributed by atoms with E-state index >= 15 is 0 Å². The number of aliphatic hydroxyl groups is 1. The molecule has 1 saturated carbocycles. The minimum absolute atomic E-state index is 0.0299. The van der Waals surface area contributed by atoms with E-state index in [1.165, 1.54) is 45.2 Å². The Hall–Kier alpha value is 0.270. The molecule has 112 valence electrons. The molecule has 2 rings (SSSR count). The van der Waals surface area contributed by atoms with Gasteiger partial charge >= 0.3 is 0 Å². The second-order valence-electron chi connectivity index (χ2n) is 6.92. The second-order valence-corrected chi connectivity index (χ2v) is 7.24. The molecule has 2 fully saturated rings. The second kappa shape index (κ2) is 6.82. The summed E-state index contributed by atoms with van der Waals surface area (Å²) in [5, 5.41) is 10.0. The zero-order valence-electron chi connectivity index (χ0n) is 12.6. The van der Waals surface area contributed by atoms with Crippen LogP contribution in [0.1, 0.15) is 52.4 Å². The highest BCUT2D eigenvalue weighted by Gasteiger charge is 2.43. The van der Waals surface area contributed by atoms with E-state index in [1.807, 2.05) is 0 Å². The molecule has 2 nitrogen and oxygen atoms in total. The molecule has 1 aliphatic carbocycles. The highest BCUT2D eigenvalue weighted by atomic mass is 32.1. The van der Waals surface area contributed by atoms with Gasteiger partial charge in [-0.2, -0.15) is 12.6 Å². The normalized spacial score (nSPS) is 31.9. The standard InChI is InChI=1S/C16H31NOS/c1-3-7-16(12-19,8-4-2)11-17-9-13-5-6-15(18)14(13)10-17/h13-15,18-19H,3-12H2,1-2H3. The van der Waals surface area contributed by atoms with Gasteiger partial charge in [-0.3, -0.25) is 0 Å². The quantitative estimate of drug-likeness (QED) is 0.702. The number of likely N-dealkylation sites (tertiary alicyclic amines) is 1. The summed E-state index contributed by atoms with van der Waals surface area (Å²) in [6.45, 7) is 8.10. The molecule has 3 atom stereocenters. The molecule has 1 saturated heterocycles. The van der Waals surface area contributed by atoms with Gasteiger partial charge in [0.1, 0.15) is 0 Å². The van der Waals surface area contributed by atoms with E-state index in [-0.39, 0.29) is 6.10 Å². The molecule has 1 aliphatic heterocycles. The minimum Gasteiger partial charge on any atom is -0.393 e. The summed E-state index contributed by atoms with van der Waals surface area (Å²) in [5.41, 5.74) is 0.399. The van der Waals surface area contributed by atoms with Crippen LogP contribution in [-0.2, 0) is 0 Å². The third-order valence-electron chi connectivity index (χ3n) is 5.35. The number of thiol groups is 1. The fourth-order valence-corrected chi connectivity index (χ4v) is 4.90. The van der Waals surface area contributed by atoms with Crippen LogP contribution in [0.2, 0.25) is 0 Å². The first-order chi connectivity index (χ1) is 9.14. The molecule has 0 aromatic carbocycles. The molecule has 3 unspecified atom stereocenters. The summed E-state index contributed by atoms with van der Waals surface area (Å²) in [6.07, 6.45) is 7.33. The van der Waals surface area contributed by atoms with Crippen molar-refractivity contribution in [2.75, 3.05) is 25.4 Å². The summed E-state index contributed by atoms with van der Waals surface area (Å²) in [6, 6.07) is 0. The summed E-state index contributed by atoms with van der Waals surface area (Å²) in [4.78, 5) is 2.62. The molecule has 0 bridgehead atoms. The maximum absolute atomic E-state index is 10.0. The number of nitrogens with zero attached hydrogens (tertiary/aromatic N) is 1. The van der Waals surface area contributed by atoms with Crippen LogP contribution >= 0.6 is 12.6 Å². The maximum Gasteiger partial charge on any atom is 0.0583 e. The van der Waals surface area contributed by atoms with Crippen LogP contribution in [0.3, 0.4) is 0 Å². The monoisotopic (exact) mass is 285 g/mol. The van der Waals surface area contributed by atoms with Gasteiger partial charge in [0.15, 0.2) is 0 Å². The molecular formula is C16H31NOS. The Morgan fingerprint density at radius 1 is 1.16 bits per heavy atom. The molecule has 3 heteroatoms. The predicted molar refractivity (Wildman–Crippen MR) is 84.8 cm³/mol. The third-order valence-corrected chi connectivity index (χ3v) is 6.02. The van der Waals surface area contributed by atoms with E-state index in [9.17, 15) is 5.11 Å². The van der Waals surface area contributed by atoms with Crippen molar-refractivity contribution >= 4 is 12.6 Å². The van der Waals surface area contributed by atoms with Crippen molar-refractivity contribution in [2.45, 2.75) is 58.5 Å². The molecule has 2 aliphatic rings. The number of rotatable bonds is 7. The van der Waals surface area contributed by atoms with Gasteiger partial charge in [-0.25, -0.2) is 0 Å². The van der Waals surface area contributed by atoms with Gasteiger partial charge in [0.2, 0.25) is 0 Å². The number of aliphatic hydroxyl groups excluding tert-OH is 1. The van der Waals surface area contributed by atoms with Crippen molar-refractivity contribution < 1.29 is 5.11 Å². The molecule has 1 heterocycles. The van der Waals surface area contributed by atoms with Gasteiger partial charge in [-0.15, -0.1) is 0 Å². The summed E-state index contributed by atoms with van der Waals surface area (Å²) < 4.78 is 0. The van der Waals surface area contributed by atoms with Crippen LogP contribution in [-0.4, -0.2) is 41.5 Å². The fraction of sp³-hybridized carbons (Fsp3) is 1.00. The van der Waals surface area contributed by atoms with Crippen molar-refractivity contribution in [3.05, 3.63) is 0 Å². The highest BCUT2D eigenvalue weighted by Crippen LogP contribution is 2.41. The predicted octanol–water partition coefficient (Wildman–Crippen LogP) is 3.21. The van der Waals surface area contributed by atoms with Crippen LogP contribution in [0.25, 0.3) is 0 Å². The molecule has 0 amide bonds. The first-order valence-electron chi connectivity index (χ1n) is 8.15. The van der Waals surface area contributed by atoms with Gasteiger partial charge in [0, 0.05) is 25.6 Å². The van der Waals surface area contributed by atoms with Gasteiger partial charge in [0.25, 0.3) is 0 Å². The van der Waals surface area contributed by atoms with E-state index in [2.05, 4.69) is 31.4 Å². The third kappa shape index (κ3) is 3.48. The molecule has 0 aromatic rings. The Morgan fingerprint density at radius 3 is 2.37 bits per heavy atom. The molecule has 0 spiro atoms. The Bertz CT molecular complexity index is 278. The zero-order chi connectivity index (χ0) is 13.9. The van der Waals surface area contributed by atoms with Crippen LogP contribution in [0.4, 0.5) is 0 Å². The minimum atomic E-state index is -0.0299. The van der Waals surface area contributed by atoms with Gasteiger partial charge < -0.3 is 10.0 Å². The average Bonchev–Trinajstić information content (AvgIpc) is 2.92. The van der Waals surface area contributed by atoms with Crippen molar-refractivity contribution in [1.29, 1.82) is 0 Å². The largest absolute Gasteiger partial charge is 0.393 e. The van der Waals surface area contributed by atoms with Crippen molar-refractivity contribution in [3.8, 4) is 0 Å². The van der Waals surface area contributed by atoms with Crippen LogP contribution in [0, 0.1) is 17.3 Å². The summed E-state index contributed by atoms with van der Waals surface area (Å²) >= 11 is 4.67. The lowest BCUT2D eigenvalue weighted by molar-refractivity contribution is 0.112. The topological polar surface area (TPSA) is 23.5 Å². The van der Waals surface area contributed by atoms with E-state index in [4.69, 9.17) is 0 Å². The number of hydrogen-bond acceptors (Lipinski definition) is 3. The van der Waals surface area contributed by atoms with Crippen molar-refractivity contribution in [3.63, 3.8) is 0 Å². The molecule has 1 N–H and O–H groups in total. The Morgan fingerprint density at radius 2 is 1.84 bits per heavy atom. The van der Waals surface area contributed by atoms with Crippen LogP contribution < -0.4 is 0 Å². The molecule has 0 radical (unpaired) electrons. The first kappa shape index (κ1) is 15.7. The van der Waals surface area contributed by atoms with E-state index in [1.54, 1.807) is 0 Å². The Labute approximate surface area is 124 Å². The maximum atomic E-state index is 10.0. The van der Waals surface area contributed by atoms with Crippen molar-refractivity contribution in [1.82, 2.24) is 4.90 Å². The van der Waals surface area contributed by atoms with Crippen LogP contribution in [0.5, 0.6) is 0 Å². The Kier molecular flexibility index (Phi) is 5.62. The van der Waals surface area contributed by atoms with E-state index in [0.29, 0.717) is 11.3 Å². The lowest BCUT2D eigenvalue weighted by Crippen LogP contribution is -2.39. The zero-order valence-corrected chi connectivity index (χ0v) is 13.5. The summed E-state index contributed by atoms with van der Waals surface area (Å²) in [5.74, 6) is 2.32. The number of fused-ring (bicyclic) bond motifs is 1.